The Morgan fingerprint density at radius 1 is 1.11 bits per heavy atom. The molecule has 5 nitrogen and oxygen atoms in total. The van der Waals surface area contributed by atoms with Gasteiger partial charge in [0, 0.05) is 18.4 Å². The molecule has 0 saturated heterocycles. The van der Waals surface area contributed by atoms with Crippen molar-refractivity contribution in [3.05, 3.63) is 63.9 Å². The second kappa shape index (κ2) is 7.92. The third-order valence-corrected chi connectivity index (χ3v) is 5.10. The maximum absolute atomic E-state index is 6.48. The summed E-state index contributed by atoms with van der Waals surface area (Å²) in [4.78, 5) is 0. The molecule has 3 rings (SSSR count). The Bertz CT molecular complexity index is 944. The van der Waals surface area contributed by atoms with Gasteiger partial charge in [-0.15, -0.1) is 0 Å². The van der Waals surface area contributed by atoms with Gasteiger partial charge >= 0.3 is 0 Å². The van der Waals surface area contributed by atoms with Crippen molar-refractivity contribution < 1.29 is 9.47 Å². The van der Waals surface area contributed by atoms with Gasteiger partial charge in [0.05, 0.1) is 29.1 Å². The fraction of sp³-hybridized carbons (Fsp3) is 0.286. The van der Waals surface area contributed by atoms with Crippen LogP contribution in [-0.2, 0) is 6.61 Å². The number of nitrogens with zero attached hydrogens (tertiary/aromatic N) is 2. The minimum absolute atomic E-state index is 0.346. The molecule has 0 aliphatic rings. The van der Waals surface area contributed by atoms with Gasteiger partial charge in [0.15, 0.2) is 0 Å². The summed E-state index contributed by atoms with van der Waals surface area (Å²) in [6.07, 6.45) is 0. The highest BCUT2D eigenvalue weighted by Gasteiger charge is 2.13. The number of methoxy groups -OCH3 is 1. The molecule has 0 aliphatic carbocycles. The summed E-state index contributed by atoms with van der Waals surface area (Å²) in [6.45, 7) is 6.47. The van der Waals surface area contributed by atoms with Gasteiger partial charge in [0.25, 0.3) is 0 Å². The highest BCUT2D eigenvalue weighted by Crippen LogP contribution is 2.32. The van der Waals surface area contributed by atoms with Crippen molar-refractivity contribution in [2.45, 2.75) is 27.4 Å². The number of hydrogen-bond acceptors (Lipinski definition) is 4. The zero-order chi connectivity index (χ0) is 19.6. The summed E-state index contributed by atoms with van der Waals surface area (Å²) < 4.78 is 13.3. The monoisotopic (exact) mass is 385 g/mol. The summed E-state index contributed by atoms with van der Waals surface area (Å²) in [7, 11) is 3.52. The van der Waals surface area contributed by atoms with E-state index in [9.17, 15) is 0 Å². The number of aromatic nitrogens is 2. The molecule has 142 valence electrons. The van der Waals surface area contributed by atoms with E-state index in [2.05, 4.69) is 24.3 Å². The molecule has 6 heteroatoms. The normalized spacial score (nSPS) is 10.7. The van der Waals surface area contributed by atoms with E-state index in [1.807, 2.05) is 55.1 Å². The van der Waals surface area contributed by atoms with E-state index in [1.165, 1.54) is 5.56 Å². The Morgan fingerprint density at radius 2 is 1.89 bits per heavy atom. The van der Waals surface area contributed by atoms with Crippen LogP contribution in [0, 0.1) is 20.8 Å². The molecule has 2 aromatic carbocycles. The van der Waals surface area contributed by atoms with Crippen LogP contribution in [0.5, 0.6) is 11.5 Å². The molecular formula is C21H24ClN3O2. The van der Waals surface area contributed by atoms with E-state index in [4.69, 9.17) is 21.1 Å². The van der Waals surface area contributed by atoms with Crippen molar-refractivity contribution in [1.82, 2.24) is 9.78 Å². The summed E-state index contributed by atoms with van der Waals surface area (Å²) in [5.74, 6) is 1.39. The van der Waals surface area contributed by atoms with Gasteiger partial charge in [-0.2, -0.15) is 5.10 Å². The van der Waals surface area contributed by atoms with Crippen molar-refractivity contribution in [1.29, 1.82) is 0 Å². The highest BCUT2D eigenvalue weighted by atomic mass is 35.5. The lowest BCUT2D eigenvalue weighted by Gasteiger charge is -2.15. The molecule has 1 N–H and O–H groups in total. The molecule has 0 unspecified atom stereocenters. The number of benzene rings is 2. The molecule has 0 aliphatic heterocycles. The van der Waals surface area contributed by atoms with Gasteiger partial charge in [0.2, 0.25) is 0 Å². The molecule has 1 heterocycles. The smallest absolute Gasteiger partial charge is 0.138 e. The Kier molecular flexibility index (Phi) is 5.61. The fourth-order valence-electron chi connectivity index (χ4n) is 3.00. The maximum Gasteiger partial charge on any atom is 0.138 e. The van der Waals surface area contributed by atoms with Gasteiger partial charge in [-0.3, -0.25) is 0 Å². The van der Waals surface area contributed by atoms with Crippen molar-refractivity contribution in [2.75, 3.05) is 19.5 Å². The van der Waals surface area contributed by atoms with Crippen LogP contribution in [0.25, 0.3) is 5.69 Å². The van der Waals surface area contributed by atoms with Crippen molar-refractivity contribution >= 4 is 17.3 Å². The zero-order valence-electron chi connectivity index (χ0n) is 16.3. The SMILES string of the molecule is CNc1cccc(OC)c1COc1ccc(-n2nc(C)c(C)c2C)cc1Cl. The average Bonchev–Trinajstić information content (AvgIpc) is 2.94. The van der Waals surface area contributed by atoms with Crippen LogP contribution < -0.4 is 14.8 Å². The largest absolute Gasteiger partial charge is 0.496 e. The minimum atomic E-state index is 0.346. The first-order chi connectivity index (χ1) is 13.0. The van der Waals surface area contributed by atoms with Crippen LogP contribution in [0.2, 0.25) is 5.02 Å². The summed E-state index contributed by atoms with van der Waals surface area (Å²) in [6, 6.07) is 11.5. The Morgan fingerprint density at radius 3 is 2.48 bits per heavy atom. The van der Waals surface area contributed by atoms with E-state index in [0.29, 0.717) is 17.4 Å². The summed E-state index contributed by atoms with van der Waals surface area (Å²) in [5.41, 5.74) is 6.11. The topological polar surface area (TPSA) is 48.3 Å². The van der Waals surface area contributed by atoms with Crippen LogP contribution in [0.1, 0.15) is 22.5 Å². The lowest BCUT2D eigenvalue weighted by Crippen LogP contribution is -2.04. The third kappa shape index (κ3) is 3.74. The molecule has 1 aromatic heterocycles. The predicted molar refractivity (Wildman–Crippen MR) is 110 cm³/mol. The van der Waals surface area contributed by atoms with E-state index in [0.717, 1.165) is 34.1 Å². The van der Waals surface area contributed by atoms with Crippen LogP contribution in [0.3, 0.4) is 0 Å². The molecule has 0 spiro atoms. The first-order valence-electron chi connectivity index (χ1n) is 8.75. The second-order valence-electron chi connectivity index (χ2n) is 6.35. The molecule has 27 heavy (non-hydrogen) atoms. The van der Waals surface area contributed by atoms with Crippen LogP contribution in [0.4, 0.5) is 5.69 Å². The highest BCUT2D eigenvalue weighted by molar-refractivity contribution is 6.32. The Labute approximate surface area is 164 Å². The van der Waals surface area contributed by atoms with Crippen LogP contribution in [0.15, 0.2) is 36.4 Å². The lowest BCUT2D eigenvalue weighted by molar-refractivity contribution is 0.297. The quantitative estimate of drug-likeness (QED) is 0.642. The summed E-state index contributed by atoms with van der Waals surface area (Å²) >= 11 is 6.48. The first kappa shape index (κ1) is 19.1. The van der Waals surface area contributed by atoms with E-state index in [-0.39, 0.29) is 0 Å². The lowest BCUT2D eigenvalue weighted by atomic mass is 10.1. The van der Waals surface area contributed by atoms with Gasteiger partial charge < -0.3 is 14.8 Å². The zero-order valence-corrected chi connectivity index (χ0v) is 17.0. The maximum atomic E-state index is 6.48. The second-order valence-corrected chi connectivity index (χ2v) is 6.75. The number of aryl methyl sites for hydroxylation is 1. The Hall–Kier alpha value is -2.66. The molecular weight excluding hydrogens is 362 g/mol. The predicted octanol–water partition coefficient (Wildman–Crippen LogP) is 5.08. The molecule has 0 bridgehead atoms. The third-order valence-electron chi connectivity index (χ3n) is 4.81. The van der Waals surface area contributed by atoms with Crippen molar-refractivity contribution in [3.63, 3.8) is 0 Å². The number of rotatable bonds is 6. The molecule has 0 fully saturated rings. The van der Waals surface area contributed by atoms with E-state index < -0.39 is 0 Å². The molecule has 0 atom stereocenters. The van der Waals surface area contributed by atoms with E-state index >= 15 is 0 Å². The van der Waals surface area contributed by atoms with Gasteiger partial charge in [0.1, 0.15) is 18.1 Å². The number of anilines is 1. The Balaban J connectivity index is 1.85. The number of ether oxygens (including phenoxy) is 2. The van der Waals surface area contributed by atoms with Gasteiger partial charge in [-0.05, 0) is 56.7 Å². The summed E-state index contributed by atoms with van der Waals surface area (Å²) in [5, 5.41) is 8.28. The molecule has 0 amide bonds. The molecule has 0 saturated carbocycles. The van der Waals surface area contributed by atoms with Crippen LogP contribution >= 0.6 is 11.6 Å². The number of halogens is 1. The minimum Gasteiger partial charge on any atom is -0.496 e. The van der Waals surface area contributed by atoms with Crippen molar-refractivity contribution in [2.24, 2.45) is 0 Å². The fourth-order valence-corrected chi connectivity index (χ4v) is 3.23. The first-order valence-corrected chi connectivity index (χ1v) is 9.13. The standard InChI is InChI=1S/C21H24ClN3O2/c1-13-14(2)24-25(15(13)3)16-9-10-21(18(22)11-16)27-12-17-19(23-4)7-6-8-20(17)26-5/h6-11,23H,12H2,1-5H3. The van der Waals surface area contributed by atoms with Crippen LogP contribution in [-0.4, -0.2) is 23.9 Å². The van der Waals surface area contributed by atoms with Gasteiger partial charge in [-0.25, -0.2) is 4.68 Å². The van der Waals surface area contributed by atoms with Crippen molar-refractivity contribution in [3.8, 4) is 17.2 Å². The molecule has 3 aromatic rings. The molecule has 0 radical (unpaired) electrons. The van der Waals surface area contributed by atoms with Gasteiger partial charge in [-0.1, -0.05) is 17.7 Å². The number of nitrogens with one attached hydrogen (secondary N) is 1. The number of hydrogen-bond donors (Lipinski definition) is 1. The van der Waals surface area contributed by atoms with E-state index in [1.54, 1.807) is 7.11 Å². The average molecular weight is 386 g/mol.